The molecule has 0 saturated carbocycles. The number of nitrogens with zero attached hydrogens (tertiary/aromatic N) is 3. The van der Waals surface area contributed by atoms with Crippen molar-refractivity contribution in [3.8, 4) is 17.6 Å². The number of benzene rings is 1. The average molecular weight is 253 g/mol. The van der Waals surface area contributed by atoms with Gasteiger partial charge in [0.1, 0.15) is 17.6 Å². The first-order valence-electron chi connectivity index (χ1n) is 5.04. The van der Waals surface area contributed by atoms with E-state index in [0.717, 1.165) is 0 Å². The monoisotopic (exact) mass is 253 g/mol. The molecule has 0 fully saturated rings. The Bertz CT molecular complexity index is 640. The van der Waals surface area contributed by atoms with E-state index in [1.54, 1.807) is 36.4 Å². The van der Waals surface area contributed by atoms with Crippen molar-refractivity contribution >= 4 is 23.2 Å². The Balaban J connectivity index is 2.24. The summed E-state index contributed by atoms with van der Waals surface area (Å²) in [5.41, 5.74) is 0.471. The van der Waals surface area contributed by atoms with Crippen LogP contribution in [0.5, 0.6) is 11.5 Å². The van der Waals surface area contributed by atoms with Gasteiger partial charge in [-0.2, -0.15) is 10.3 Å². The lowest BCUT2D eigenvalue weighted by Gasteiger charge is -2.06. The van der Waals surface area contributed by atoms with E-state index < -0.39 is 0 Å². The number of thiocarbonyl (C=S) groups is 1. The zero-order valence-corrected chi connectivity index (χ0v) is 10.0. The Hall–Kier alpha value is -2.54. The van der Waals surface area contributed by atoms with Crippen LogP contribution in [-0.4, -0.2) is 10.1 Å². The first-order chi connectivity index (χ1) is 8.83. The Morgan fingerprint density at radius 2 is 2.06 bits per heavy atom. The third-order valence-corrected chi connectivity index (χ3v) is 2.21. The number of ether oxygens (including phenoxy) is 1. The molecule has 0 aliphatic heterocycles. The van der Waals surface area contributed by atoms with Gasteiger partial charge in [-0.1, -0.05) is 12.1 Å². The fourth-order valence-corrected chi connectivity index (χ4v) is 1.41. The summed E-state index contributed by atoms with van der Waals surface area (Å²) in [5, 5.41) is 11.2. The standard InChI is InChI=1S/C13H7N3OS/c14-7-10-3-1-2-4-12(10)17-11-5-6-13(15-8-11)16-9-18/h1-6,8H. The van der Waals surface area contributed by atoms with Gasteiger partial charge >= 0.3 is 0 Å². The maximum Gasteiger partial charge on any atom is 0.162 e. The number of aromatic nitrogens is 1. The zero-order chi connectivity index (χ0) is 12.8. The van der Waals surface area contributed by atoms with Gasteiger partial charge in [0, 0.05) is 0 Å². The Morgan fingerprint density at radius 1 is 1.22 bits per heavy atom. The van der Waals surface area contributed by atoms with Crippen LogP contribution in [0.3, 0.4) is 0 Å². The maximum absolute atomic E-state index is 8.93. The Labute approximate surface area is 109 Å². The normalized spacial score (nSPS) is 9.06. The quantitative estimate of drug-likeness (QED) is 0.620. The summed E-state index contributed by atoms with van der Waals surface area (Å²) in [7, 11) is 0. The Morgan fingerprint density at radius 3 is 2.72 bits per heavy atom. The Kier molecular flexibility index (Phi) is 3.77. The number of isothiocyanates is 1. The van der Waals surface area contributed by atoms with Gasteiger partial charge in [0.25, 0.3) is 0 Å². The fraction of sp³-hybridized carbons (Fsp3) is 0. The smallest absolute Gasteiger partial charge is 0.162 e. The molecule has 0 unspecified atom stereocenters. The third-order valence-electron chi connectivity index (χ3n) is 2.12. The van der Waals surface area contributed by atoms with Crippen molar-refractivity contribution in [2.24, 2.45) is 4.99 Å². The highest BCUT2D eigenvalue weighted by Crippen LogP contribution is 2.24. The zero-order valence-electron chi connectivity index (χ0n) is 9.20. The van der Waals surface area contributed by atoms with Crippen LogP contribution >= 0.6 is 12.2 Å². The van der Waals surface area contributed by atoms with Gasteiger partial charge in [-0.25, -0.2) is 4.98 Å². The van der Waals surface area contributed by atoms with Crippen molar-refractivity contribution in [3.63, 3.8) is 0 Å². The number of para-hydroxylation sites is 1. The van der Waals surface area contributed by atoms with Gasteiger partial charge in [-0.05, 0) is 36.5 Å². The van der Waals surface area contributed by atoms with Gasteiger partial charge < -0.3 is 4.74 Å². The predicted octanol–water partition coefficient (Wildman–Crippen LogP) is 3.48. The van der Waals surface area contributed by atoms with Crippen LogP contribution in [0.15, 0.2) is 47.6 Å². The largest absolute Gasteiger partial charge is 0.454 e. The third kappa shape index (κ3) is 2.77. The molecule has 1 aromatic heterocycles. The summed E-state index contributed by atoms with van der Waals surface area (Å²) < 4.78 is 5.56. The van der Waals surface area contributed by atoms with Gasteiger partial charge in [0.2, 0.25) is 0 Å². The molecule has 0 saturated heterocycles. The van der Waals surface area contributed by atoms with E-state index in [4.69, 9.17) is 10.00 Å². The number of rotatable bonds is 3. The highest BCUT2D eigenvalue weighted by molar-refractivity contribution is 7.78. The average Bonchev–Trinajstić information content (AvgIpc) is 2.42. The molecule has 18 heavy (non-hydrogen) atoms. The number of hydrogen-bond acceptors (Lipinski definition) is 5. The minimum Gasteiger partial charge on any atom is -0.454 e. The van der Waals surface area contributed by atoms with E-state index in [9.17, 15) is 0 Å². The summed E-state index contributed by atoms with van der Waals surface area (Å²) in [4.78, 5) is 7.75. The molecular formula is C13H7N3OS. The van der Waals surface area contributed by atoms with Gasteiger partial charge in [-0.3, -0.25) is 0 Å². The first kappa shape index (κ1) is 11.9. The van der Waals surface area contributed by atoms with Crippen LogP contribution in [-0.2, 0) is 0 Å². The first-order valence-corrected chi connectivity index (χ1v) is 5.45. The second kappa shape index (κ2) is 5.69. The number of pyridine rings is 1. The molecule has 0 amide bonds. The van der Waals surface area contributed by atoms with E-state index in [1.165, 1.54) is 6.20 Å². The molecule has 0 radical (unpaired) electrons. The van der Waals surface area contributed by atoms with Gasteiger partial charge in [-0.15, -0.1) is 0 Å². The maximum atomic E-state index is 8.93. The van der Waals surface area contributed by atoms with Gasteiger partial charge in [0.15, 0.2) is 5.82 Å². The van der Waals surface area contributed by atoms with Crippen LogP contribution in [0.4, 0.5) is 5.82 Å². The molecule has 4 nitrogen and oxygen atoms in total. The minimum atomic E-state index is 0.464. The van der Waals surface area contributed by atoms with Crippen LogP contribution in [0.25, 0.3) is 0 Å². The predicted molar refractivity (Wildman–Crippen MR) is 70.2 cm³/mol. The molecule has 86 valence electrons. The molecule has 0 N–H and O–H groups in total. The van der Waals surface area contributed by atoms with Crippen molar-refractivity contribution in [2.75, 3.05) is 0 Å². The molecule has 2 rings (SSSR count). The second-order valence-corrected chi connectivity index (χ2v) is 3.45. The van der Waals surface area contributed by atoms with Crippen LogP contribution in [0.2, 0.25) is 0 Å². The lowest BCUT2D eigenvalue weighted by molar-refractivity contribution is 0.479. The minimum absolute atomic E-state index is 0.464. The summed E-state index contributed by atoms with van der Waals surface area (Å²) in [5.74, 6) is 1.49. The van der Waals surface area contributed by atoms with E-state index in [0.29, 0.717) is 22.9 Å². The number of hydrogen-bond donors (Lipinski definition) is 0. The van der Waals surface area contributed by atoms with Crippen molar-refractivity contribution in [1.82, 2.24) is 4.98 Å². The summed E-state index contributed by atoms with van der Waals surface area (Å²) >= 11 is 4.48. The van der Waals surface area contributed by atoms with Crippen molar-refractivity contribution in [2.45, 2.75) is 0 Å². The fourth-order valence-electron chi connectivity index (χ4n) is 1.32. The highest BCUT2D eigenvalue weighted by atomic mass is 32.1. The molecule has 0 spiro atoms. The van der Waals surface area contributed by atoms with E-state index in [2.05, 4.69) is 33.4 Å². The van der Waals surface area contributed by atoms with Crippen LogP contribution < -0.4 is 4.74 Å². The second-order valence-electron chi connectivity index (χ2n) is 3.27. The molecule has 1 heterocycles. The molecule has 2 aromatic rings. The van der Waals surface area contributed by atoms with E-state index in [1.807, 2.05) is 0 Å². The van der Waals surface area contributed by atoms with Crippen molar-refractivity contribution < 1.29 is 4.74 Å². The van der Waals surface area contributed by atoms with Crippen molar-refractivity contribution in [1.29, 1.82) is 5.26 Å². The lowest BCUT2D eigenvalue weighted by Crippen LogP contribution is -1.88. The molecule has 0 atom stereocenters. The lowest BCUT2D eigenvalue weighted by atomic mass is 10.2. The number of aliphatic imine (C=N–C) groups is 1. The molecule has 0 aliphatic rings. The summed E-state index contributed by atoms with van der Waals surface area (Å²) in [6.07, 6.45) is 1.51. The number of nitriles is 1. The van der Waals surface area contributed by atoms with Crippen molar-refractivity contribution in [3.05, 3.63) is 48.2 Å². The van der Waals surface area contributed by atoms with E-state index in [-0.39, 0.29) is 0 Å². The topological polar surface area (TPSA) is 58.3 Å². The highest BCUT2D eigenvalue weighted by Gasteiger charge is 2.03. The molecule has 0 bridgehead atoms. The van der Waals surface area contributed by atoms with Gasteiger partial charge in [0.05, 0.1) is 16.9 Å². The molecule has 1 aromatic carbocycles. The van der Waals surface area contributed by atoms with E-state index >= 15 is 0 Å². The molecule has 0 aliphatic carbocycles. The summed E-state index contributed by atoms with van der Waals surface area (Å²) in [6.45, 7) is 0. The van der Waals surface area contributed by atoms with Crippen LogP contribution in [0.1, 0.15) is 5.56 Å². The molecular weight excluding hydrogens is 246 g/mol. The molecule has 5 heteroatoms. The summed E-state index contributed by atoms with van der Waals surface area (Å²) in [6, 6.07) is 12.4. The SMILES string of the molecule is N#Cc1ccccc1Oc1ccc(N=C=S)nc1. The van der Waals surface area contributed by atoms with Crippen LogP contribution in [0, 0.1) is 11.3 Å².